The standard InChI is InChI=1S/C14H20F3N3O/c1-4-20(8-13(2,3)21)11-6-5-9(14(15,16)17)7-10(11)12(18)19/h5-7,21H,4,8H2,1-3H3,(H3,18,19). The van der Waals surface area contributed by atoms with E-state index in [0.717, 1.165) is 12.1 Å². The Bertz CT molecular complexity index is 521. The lowest BCUT2D eigenvalue weighted by atomic mass is 10.0. The van der Waals surface area contributed by atoms with E-state index in [1.165, 1.54) is 6.07 Å². The van der Waals surface area contributed by atoms with Crippen molar-refractivity contribution < 1.29 is 18.3 Å². The second-order valence-electron chi connectivity index (χ2n) is 5.47. The van der Waals surface area contributed by atoms with Crippen molar-refractivity contribution in [2.75, 3.05) is 18.0 Å². The van der Waals surface area contributed by atoms with Gasteiger partial charge in [-0.2, -0.15) is 13.2 Å². The van der Waals surface area contributed by atoms with Gasteiger partial charge in [-0.15, -0.1) is 0 Å². The highest BCUT2D eigenvalue weighted by Crippen LogP contribution is 2.33. The molecule has 0 spiro atoms. The lowest BCUT2D eigenvalue weighted by Gasteiger charge is -2.31. The lowest BCUT2D eigenvalue weighted by Crippen LogP contribution is -2.39. The van der Waals surface area contributed by atoms with Gasteiger partial charge < -0.3 is 15.7 Å². The van der Waals surface area contributed by atoms with Crippen molar-refractivity contribution in [3.8, 4) is 0 Å². The summed E-state index contributed by atoms with van der Waals surface area (Å²) in [6.07, 6.45) is -4.49. The number of hydrogen-bond acceptors (Lipinski definition) is 3. The number of nitrogen functional groups attached to an aromatic ring is 1. The average Bonchev–Trinajstić information content (AvgIpc) is 2.33. The van der Waals surface area contributed by atoms with Crippen LogP contribution in [0.1, 0.15) is 31.9 Å². The summed E-state index contributed by atoms with van der Waals surface area (Å²) in [5.41, 5.74) is 3.95. The van der Waals surface area contributed by atoms with Crippen LogP contribution in [-0.4, -0.2) is 29.6 Å². The Hall–Kier alpha value is -1.76. The van der Waals surface area contributed by atoms with Crippen LogP contribution in [0, 0.1) is 5.41 Å². The van der Waals surface area contributed by atoms with E-state index in [-0.39, 0.29) is 12.1 Å². The van der Waals surface area contributed by atoms with Crippen molar-refractivity contribution in [1.82, 2.24) is 0 Å². The molecule has 0 saturated carbocycles. The van der Waals surface area contributed by atoms with Crippen molar-refractivity contribution in [3.05, 3.63) is 29.3 Å². The second-order valence-corrected chi connectivity index (χ2v) is 5.47. The molecule has 7 heteroatoms. The van der Waals surface area contributed by atoms with E-state index in [9.17, 15) is 18.3 Å². The summed E-state index contributed by atoms with van der Waals surface area (Å²) in [6.45, 7) is 5.71. The molecule has 4 nitrogen and oxygen atoms in total. The molecule has 0 aliphatic rings. The van der Waals surface area contributed by atoms with Gasteiger partial charge in [-0.1, -0.05) is 0 Å². The number of anilines is 1. The predicted octanol–water partition coefficient (Wildman–Crippen LogP) is 2.59. The van der Waals surface area contributed by atoms with Gasteiger partial charge >= 0.3 is 6.18 Å². The predicted molar refractivity (Wildman–Crippen MR) is 76.6 cm³/mol. The molecular weight excluding hydrogens is 283 g/mol. The van der Waals surface area contributed by atoms with Gasteiger partial charge in [0.15, 0.2) is 0 Å². The number of likely N-dealkylation sites (N-methyl/N-ethyl adjacent to an activating group) is 1. The molecule has 0 aliphatic heterocycles. The van der Waals surface area contributed by atoms with E-state index in [0.29, 0.717) is 12.2 Å². The van der Waals surface area contributed by atoms with Crippen LogP contribution in [0.25, 0.3) is 0 Å². The van der Waals surface area contributed by atoms with E-state index in [1.54, 1.807) is 18.7 Å². The highest BCUT2D eigenvalue weighted by molar-refractivity contribution is 6.00. The number of amidine groups is 1. The molecule has 0 atom stereocenters. The number of aliphatic hydroxyl groups is 1. The summed E-state index contributed by atoms with van der Waals surface area (Å²) in [7, 11) is 0. The van der Waals surface area contributed by atoms with Crippen molar-refractivity contribution >= 4 is 11.5 Å². The number of halogens is 3. The number of nitrogens with one attached hydrogen (secondary N) is 1. The molecular formula is C14H20F3N3O. The zero-order valence-corrected chi connectivity index (χ0v) is 12.3. The monoisotopic (exact) mass is 303 g/mol. The molecule has 4 N–H and O–H groups in total. The van der Waals surface area contributed by atoms with E-state index < -0.39 is 23.2 Å². The van der Waals surface area contributed by atoms with Crippen molar-refractivity contribution in [2.24, 2.45) is 5.73 Å². The Morgan fingerprint density at radius 3 is 2.29 bits per heavy atom. The molecule has 0 aliphatic carbocycles. The molecule has 118 valence electrons. The molecule has 0 amide bonds. The fourth-order valence-electron chi connectivity index (χ4n) is 2.04. The lowest BCUT2D eigenvalue weighted by molar-refractivity contribution is -0.137. The Morgan fingerprint density at radius 2 is 1.90 bits per heavy atom. The minimum absolute atomic E-state index is 0.0101. The first-order valence-electron chi connectivity index (χ1n) is 6.48. The average molecular weight is 303 g/mol. The Kier molecular flexibility index (Phi) is 4.88. The number of hydrogen-bond donors (Lipinski definition) is 3. The van der Waals surface area contributed by atoms with Crippen LogP contribution in [0.5, 0.6) is 0 Å². The normalized spacial score (nSPS) is 12.3. The molecule has 0 fully saturated rings. The zero-order valence-electron chi connectivity index (χ0n) is 12.3. The first kappa shape index (κ1) is 17.3. The van der Waals surface area contributed by atoms with Crippen LogP contribution in [0.15, 0.2) is 18.2 Å². The van der Waals surface area contributed by atoms with Crippen molar-refractivity contribution in [1.29, 1.82) is 5.41 Å². The SMILES string of the molecule is CCN(CC(C)(C)O)c1ccc(C(F)(F)F)cc1C(=N)N. The van der Waals surface area contributed by atoms with Gasteiger partial charge in [0.05, 0.1) is 11.2 Å². The van der Waals surface area contributed by atoms with E-state index >= 15 is 0 Å². The molecule has 0 radical (unpaired) electrons. The zero-order chi connectivity index (χ0) is 16.4. The number of nitrogens with zero attached hydrogens (tertiary/aromatic N) is 1. The summed E-state index contributed by atoms with van der Waals surface area (Å²) in [5.74, 6) is -0.440. The Balaban J connectivity index is 3.31. The number of benzene rings is 1. The van der Waals surface area contributed by atoms with Crippen LogP contribution >= 0.6 is 0 Å². The molecule has 1 aromatic rings. The van der Waals surface area contributed by atoms with Crippen LogP contribution in [0.4, 0.5) is 18.9 Å². The number of alkyl halides is 3. The van der Waals surface area contributed by atoms with Gasteiger partial charge in [-0.25, -0.2) is 0 Å². The van der Waals surface area contributed by atoms with Crippen molar-refractivity contribution in [3.63, 3.8) is 0 Å². The highest BCUT2D eigenvalue weighted by Gasteiger charge is 2.32. The van der Waals surface area contributed by atoms with E-state index in [1.807, 2.05) is 6.92 Å². The molecule has 0 heterocycles. The van der Waals surface area contributed by atoms with E-state index in [2.05, 4.69) is 0 Å². The topological polar surface area (TPSA) is 73.3 Å². The molecule has 1 aromatic carbocycles. The van der Waals surface area contributed by atoms with Gasteiger partial charge in [0.1, 0.15) is 5.84 Å². The molecule has 0 aromatic heterocycles. The van der Waals surface area contributed by atoms with Gasteiger partial charge in [0.2, 0.25) is 0 Å². The maximum Gasteiger partial charge on any atom is 0.416 e. The van der Waals surface area contributed by atoms with Gasteiger partial charge in [-0.3, -0.25) is 5.41 Å². The fraction of sp³-hybridized carbons (Fsp3) is 0.500. The van der Waals surface area contributed by atoms with E-state index in [4.69, 9.17) is 11.1 Å². The number of rotatable bonds is 5. The van der Waals surface area contributed by atoms with Gasteiger partial charge in [-0.05, 0) is 39.0 Å². The quantitative estimate of drug-likeness (QED) is 0.578. The summed E-state index contributed by atoms with van der Waals surface area (Å²) < 4.78 is 38.3. The first-order valence-corrected chi connectivity index (χ1v) is 6.48. The third-order valence-corrected chi connectivity index (χ3v) is 2.91. The summed E-state index contributed by atoms with van der Waals surface area (Å²) in [6, 6.07) is 3.11. The van der Waals surface area contributed by atoms with Crippen LogP contribution < -0.4 is 10.6 Å². The van der Waals surface area contributed by atoms with Gasteiger partial charge in [0.25, 0.3) is 0 Å². The molecule has 0 unspecified atom stereocenters. The van der Waals surface area contributed by atoms with Crippen molar-refractivity contribution in [2.45, 2.75) is 32.5 Å². The molecule has 21 heavy (non-hydrogen) atoms. The maximum atomic E-state index is 12.8. The maximum absolute atomic E-state index is 12.8. The van der Waals surface area contributed by atoms with Crippen LogP contribution in [-0.2, 0) is 6.18 Å². The van der Waals surface area contributed by atoms with Crippen LogP contribution in [0.3, 0.4) is 0 Å². The Morgan fingerprint density at radius 1 is 1.33 bits per heavy atom. The summed E-state index contributed by atoms with van der Waals surface area (Å²) >= 11 is 0. The first-order chi connectivity index (χ1) is 9.45. The highest BCUT2D eigenvalue weighted by atomic mass is 19.4. The van der Waals surface area contributed by atoms with Gasteiger partial charge in [0, 0.05) is 24.3 Å². The third-order valence-electron chi connectivity index (χ3n) is 2.91. The molecule has 0 saturated heterocycles. The fourth-order valence-corrected chi connectivity index (χ4v) is 2.04. The summed E-state index contributed by atoms with van der Waals surface area (Å²) in [4.78, 5) is 1.69. The van der Waals surface area contributed by atoms with Crippen LogP contribution in [0.2, 0.25) is 0 Å². The largest absolute Gasteiger partial charge is 0.416 e. The smallest absolute Gasteiger partial charge is 0.389 e. The minimum atomic E-state index is -4.49. The molecule has 1 rings (SSSR count). The molecule has 0 bridgehead atoms. The second kappa shape index (κ2) is 5.93. The third kappa shape index (κ3) is 4.63. The summed E-state index contributed by atoms with van der Waals surface area (Å²) in [5, 5.41) is 17.4. The Labute approximate surface area is 121 Å². The minimum Gasteiger partial charge on any atom is -0.389 e. The number of nitrogens with two attached hydrogens (primary N) is 1.